The van der Waals surface area contributed by atoms with E-state index in [-0.39, 0.29) is 17.9 Å². The van der Waals surface area contributed by atoms with Gasteiger partial charge in [0, 0.05) is 37.5 Å². The number of nitrogens with one attached hydrogen (secondary N) is 1. The molecule has 4 rings (SSSR count). The zero-order valence-corrected chi connectivity index (χ0v) is 14.4. The SMILES string of the molecule is Nc1cc(N2C[C@H](O)C[C@@H]2CNC(=O)C2CC(n3cccn3)C2)ncn1. The number of nitrogens with two attached hydrogens (primary N) is 1. The van der Waals surface area contributed by atoms with Gasteiger partial charge in [0.15, 0.2) is 0 Å². The van der Waals surface area contributed by atoms with E-state index in [0.29, 0.717) is 37.2 Å². The summed E-state index contributed by atoms with van der Waals surface area (Å²) in [7, 11) is 0. The third-order valence-corrected chi connectivity index (χ3v) is 5.26. The van der Waals surface area contributed by atoms with E-state index in [1.165, 1.54) is 6.33 Å². The minimum Gasteiger partial charge on any atom is -0.391 e. The third-order valence-electron chi connectivity index (χ3n) is 5.26. The number of amides is 1. The molecule has 1 saturated carbocycles. The highest BCUT2D eigenvalue weighted by atomic mass is 16.3. The number of aliphatic hydroxyl groups is 1. The van der Waals surface area contributed by atoms with E-state index in [9.17, 15) is 9.90 Å². The van der Waals surface area contributed by atoms with Crippen molar-refractivity contribution < 1.29 is 9.90 Å². The fraction of sp³-hybridized carbons (Fsp3) is 0.529. The fourth-order valence-corrected chi connectivity index (χ4v) is 3.76. The quantitative estimate of drug-likeness (QED) is 0.686. The second-order valence-electron chi connectivity index (χ2n) is 7.05. The molecular weight excluding hydrogens is 334 g/mol. The maximum atomic E-state index is 12.4. The summed E-state index contributed by atoms with van der Waals surface area (Å²) in [5.74, 6) is 1.16. The number of hydrogen-bond donors (Lipinski definition) is 3. The monoisotopic (exact) mass is 357 g/mol. The van der Waals surface area contributed by atoms with Crippen molar-refractivity contribution >= 4 is 17.5 Å². The van der Waals surface area contributed by atoms with Gasteiger partial charge in [-0.2, -0.15) is 5.10 Å². The van der Waals surface area contributed by atoms with Crippen molar-refractivity contribution in [1.29, 1.82) is 0 Å². The number of carbonyl (C=O) groups excluding carboxylic acids is 1. The Morgan fingerprint density at radius 1 is 1.35 bits per heavy atom. The first-order valence-corrected chi connectivity index (χ1v) is 8.89. The molecule has 3 heterocycles. The minimum atomic E-state index is -0.444. The Balaban J connectivity index is 1.31. The zero-order valence-electron chi connectivity index (χ0n) is 14.4. The van der Waals surface area contributed by atoms with Gasteiger partial charge in [0.25, 0.3) is 0 Å². The molecule has 2 aromatic rings. The summed E-state index contributed by atoms with van der Waals surface area (Å²) >= 11 is 0. The molecule has 4 N–H and O–H groups in total. The van der Waals surface area contributed by atoms with Crippen LogP contribution in [0.15, 0.2) is 30.9 Å². The lowest BCUT2D eigenvalue weighted by Crippen LogP contribution is -2.45. The Labute approximate surface area is 151 Å². The first-order valence-electron chi connectivity index (χ1n) is 8.89. The summed E-state index contributed by atoms with van der Waals surface area (Å²) in [5, 5.41) is 17.3. The molecule has 1 aliphatic heterocycles. The van der Waals surface area contributed by atoms with Crippen LogP contribution >= 0.6 is 0 Å². The number of carbonyl (C=O) groups is 1. The Kier molecular flexibility index (Phi) is 4.46. The van der Waals surface area contributed by atoms with Gasteiger partial charge >= 0.3 is 0 Å². The molecule has 2 aromatic heterocycles. The molecule has 138 valence electrons. The van der Waals surface area contributed by atoms with Gasteiger partial charge in [-0.1, -0.05) is 0 Å². The van der Waals surface area contributed by atoms with Gasteiger partial charge in [-0.25, -0.2) is 9.97 Å². The first-order chi connectivity index (χ1) is 12.6. The molecule has 0 bridgehead atoms. The zero-order chi connectivity index (χ0) is 18.1. The number of aliphatic hydroxyl groups excluding tert-OH is 1. The summed E-state index contributed by atoms with van der Waals surface area (Å²) in [6, 6.07) is 3.89. The average Bonchev–Trinajstić information content (AvgIpc) is 3.21. The Bertz CT molecular complexity index is 760. The van der Waals surface area contributed by atoms with Crippen molar-refractivity contribution in [2.75, 3.05) is 23.7 Å². The van der Waals surface area contributed by atoms with Gasteiger partial charge in [0.2, 0.25) is 5.91 Å². The number of β-amino-alcohol motifs (C(OH)–C–C–N with tert-alkyl or cyclic N) is 1. The molecule has 2 aliphatic rings. The smallest absolute Gasteiger partial charge is 0.223 e. The molecule has 0 radical (unpaired) electrons. The third kappa shape index (κ3) is 3.34. The Hall–Kier alpha value is -2.68. The van der Waals surface area contributed by atoms with E-state index >= 15 is 0 Å². The van der Waals surface area contributed by atoms with Crippen LogP contribution in [0, 0.1) is 5.92 Å². The molecule has 9 nitrogen and oxygen atoms in total. The van der Waals surface area contributed by atoms with E-state index < -0.39 is 6.10 Å². The van der Waals surface area contributed by atoms with E-state index in [0.717, 1.165) is 12.8 Å². The van der Waals surface area contributed by atoms with Gasteiger partial charge in [-0.05, 0) is 25.3 Å². The molecule has 1 saturated heterocycles. The predicted molar refractivity (Wildman–Crippen MR) is 95.2 cm³/mol. The first kappa shape index (κ1) is 16.8. The van der Waals surface area contributed by atoms with Crippen molar-refractivity contribution in [2.45, 2.75) is 37.5 Å². The van der Waals surface area contributed by atoms with Crippen LogP contribution in [0.4, 0.5) is 11.6 Å². The Morgan fingerprint density at radius 3 is 2.92 bits per heavy atom. The highest BCUT2D eigenvalue weighted by molar-refractivity contribution is 5.79. The topological polar surface area (TPSA) is 122 Å². The lowest BCUT2D eigenvalue weighted by Gasteiger charge is -2.35. The van der Waals surface area contributed by atoms with E-state index in [4.69, 9.17) is 5.73 Å². The van der Waals surface area contributed by atoms with E-state index in [1.807, 2.05) is 21.8 Å². The highest BCUT2D eigenvalue weighted by Crippen LogP contribution is 2.37. The lowest BCUT2D eigenvalue weighted by molar-refractivity contribution is -0.128. The van der Waals surface area contributed by atoms with Crippen LogP contribution in [0.1, 0.15) is 25.3 Å². The Morgan fingerprint density at radius 2 is 2.19 bits per heavy atom. The van der Waals surface area contributed by atoms with Gasteiger partial charge < -0.3 is 21.1 Å². The largest absolute Gasteiger partial charge is 0.391 e. The molecule has 0 unspecified atom stereocenters. The lowest BCUT2D eigenvalue weighted by atomic mass is 9.79. The number of rotatable bonds is 5. The van der Waals surface area contributed by atoms with Gasteiger partial charge in [0.05, 0.1) is 18.2 Å². The standard InChI is InChI=1S/C17H23N7O2/c18-15-7-16(21-10-20-15)23-9-14(25)6-13(23)8-19-17(26)11-4-12(5-11)24-3-1-2-22-24/h1-3,7,10-14,25H,4-6,8-9H2,(H,19,26)(H2,18,20,21)/t11?,12?,13-,14-/m1/s1. The van der Waals surface area contributed by atoms with Crippen LogP contribution in [-0.2, 0) is 4.79 Å². The number of aromatic nitrogens is 4. The summed E-state index contributed by atoms with van der Waals surface area (Å²) < 4.78 is 1.92. The van der Waals surface area contributed by atoms with Crippen LogP contribution in [-0.4, -0.2) is 56.0 Å². The van der Waals surface area contributed by atoms with Crippen molar-refractivity contribution in [3.8, 4) is 0 Å². The fourth-order valence-electron chi connectivity index (χ4n) is 3.76. The van der Waals surface area contributed by atoms with Crippen LogP contribution in [0.3, 0.4) is 0 Å². The minimum absolute atomic E-state index is 0.00904. The molecule has 0 spiro atoms. The van der Waals surface area contributed by atoms with Gasteiger partial charge in [-0.3, -0.25) is 9.48 Å². The van der Waals surface area contributed by atoms with Gasteiger partial charge in [0.1, 0.15) is 18.0 Å². The maximum absolute atomic E-state index is 12.4. The maximum Gasteiger partial charge on any atom is 0.223 e. The van der Waals surface area contributed by atoms with Crippen molar-refractivity contribution in [3.05, 3.63) is 30.9 Å². The average molecular weight is 357 g/mol. The highest BCUT2D eigenvalue weighted by Gasteiger charge is 2.37. The predicted octanol–water partition coefficient (Wildman–Crippen LogP) is -0.0376. The van der Waals surface area contributed by atoms with E-state index in [2.05, 4.69) is 20.4 Å². The van der Waals surface area contributed by atoms with Gasteiger partial charge in [-0.15, -0.1) is 0 Å². The summed E-state index contributed by atoms with van der Waals surface area (Å²) in [5.41, 5.74) is 5.73. The van der Waals surface area contributed by atoms with Crippen molar-refractivity contribution in [3.63, 3.8) is 0 Å². The summed E-state index contributed by atoms with van der Waals surface area (Å²) in [4.78, 5) is 22.5. The molecule has 26 heavy (non-hydrogen) atoms. The molecular formula is C17H23N7O2. The molecule has 2 atom stereocenters. The summed E-state index contributed by atoms with van der Waals surface area (Å²) in [6.07, 6.45) is 6.87. The molecule has 1 amide bonds. The number of nitrogen functional groups attached to an aromatic ring is 1. The molecule has 2 fully saturated rings. The van der Waals surface area contributed by atoms with Crippen LogP contribution in [0.25, 0.3) is 0 Å². The second-order valence-corrected chi connectivity index (χ2v) is 7.05. The van der Waals surface area contributed by atoms with Crippen LogP contribution in [0.2, 0.25) is 0 Å². The summed E-state index contributed by atoms with van der Waals surface area (Å²) in [6.45, 7) is 0.949. The normalized spacial score (nSPS) is 28.0. The number of anilines is 2. The van der Waals surface area contributed by atoms with Crippen LogP contribution < -0.4 is 16.0 Å². The van der Waals surface area contributed by atoms with Crippen LogP contribution in [0.5, 0.6) is 0 Å². The molecule has 0 aromatic carbocycles. The molecule has 1 aliphatic carbocycles. The van der Waals surface area contributed by atoms with Crippen molar-refractivity contribution in [2.24, 2.45) is 5.92 Å². The van der Waals surface area contributed by atoms with E-state index in [1.54, 1.807) is 12.3 Å². The molecule has 9 heteroatoms. The number of hydrogen-bond acceptors (Lipinski definition) is 7. The number of nitrogens with zero attached hydrogens (tertiary/aromatic N) is 5. The van der Waals surface area contributed by atoms with Crippen molar-refractivity contribution in [1.82, 2.24) is 25.1 Å². The second kappa shape index (κ2) is 6.91.